The third kappa shape index (κ3) is 3.02. The number of amides is 3. The summed E-state index contributed by atoms with van der Waals surface area (Å²) >= 11 is 0. The van der Waals surface area contributed by atoms with Crippen molar-refractivity contribution in [3.8, 4) is 0 Å². The summed E-state index contributed by atoms with van der Waals surface area (Å²) in [6, 6.07) is 12.0. The second-order valence-corrected chi connectivity index (χ2v) is 6.99. The van der Waals surface area contributed by atoms with Gasteiger partial charge in [-0.2, -0.15) is 0 Å². The van der Waals surface area contributed by atoms with Crippen molar-refractivity contribution in [1.82, 2.24) is 9.80 Å². The smallest absolute Gasteiger partial charge is 0.262 e. The molecule has 0 spiro atoms. The fraction of sp³-hybridized carbons (Fsp3) is 0.286. The number of carbonyl (C=O) groups excluding carboxylic acids is 3. The lowest BCUT2D eigenvalue weighted by atomic mass is 10.1. The van der Waals surface area contributed by atoms with E-state index in [4.69, 9.17) is 0 Å². The van der Waals surface area contributed by atoms with Crippen LogP contribution in [0.15, 0.2) is 48.5 Å². The lowest BCUT2D eigenvalue weighted by Gasteiger charge is -2.38. The molecule has 0 saturated carbocycles. The van der Waals surface area contributed by atoms with Crippen LogP contribution in [0.5, 0.6) is 0 Å². The van der Waals surface area contributed by atoms with Gasteiger partial charge in [0.2, 0.25) is 5.91 Å². The molecule has 4 rings (SSSR count). The Morgan fingerprint density at radius 3 is 1.96 bits per heavy atom. The van der Waals surface area contributed by atoms with Crippen LogP contribution < -0.4 is 4.90 Å². The predicted octanol–water partition coefficient (Wildman–Crippen LogP) is 2.16. The molecule has 1 atom stereocenters. The Morgan fingerprint density at radius 1 is 0.893 bits per heavy atom. The zero-order chi connectivity index (χ0) is 19.8. The average Bonchev–Trinajstić information content (AvgIpc) is 2.98. The van der Waals surface area contributed by atoms with Crippen LogP contribution in [-0.4, -0.2) is 59.7 Å². The summed E-state index contributed by atoms with van der Waals surface area (Å²) in [6.07, 6.45) is 0. The highest BCUT2D eigenvalue weighted by molar-refractivity contribution is 6.22. The monoisotopic (exact) mass is 381 g/mol. The van der Waals surface area contributed by atoms with E-state index in [0.29, 0.717) is 37.3 Å². The van der Waals surface area contributed by atoms with Crippen molar-refractivity contribution >= 4 is 23.4 Å². The van der Waals surface area contributed by atoms with E-state index >= 15 is 0 Å². The van der Waals surface area contributed by atoms with E-state index in [1.54, 1.807) is 48.2 Å². The highest BCUT2D eigenvalue weighted by Crippen LogP contribution is 2.25. The Morgan fingerprint density at radius 2 is 1.43 bits per heavy atom. The molecule has 0 bridgehead atoms. The molecule has 144 valence electrons. The number of imide groups is 1. The van der Waals surface area contributed by atoms with Gasteiger partial charge in [0.25, 0.3) is 11.8 Å². The molecular formula is C21H20FN3O3. The standard InChI is InChI=1S/C21H20FN3O3/c1-14(25-20(27)17-4-2-3-5-18(17)21(25)28)19(26)24-12-10-23(11-13-24)16-8-6-15(22)7-9-16/h2-9,14H,10-13H2,1H3/t14-/m0/s1. The first-order valence-electron chi connectivity index (χ1n) is 9.23. The van der Waals surface area contributed by atoms with Crippen LogP contribution in [0.25, 0.3) is 0 Å². The van der Waals surface area contributed by atoms with Gasteiger partial charge in [-0.05, 0) is 43.3 Å². The molecule has 28 heavy (non-hydrogen) atoms. The van der Waals surface area contributed by atoms with E-state index in [9.17, 15) is 18.8 Å². The summed E-state index contributed by atoms with van der Waals surface area (Å²) < 4.78 is 13.1. The highest BCUT2D eigenvalue weighted by Gasteiger charge is 2.42. The van der Waals surface area contributed by atoms with Gasteiger partial charge in [-0.25, -0.2) is 4.39 Å². The molecule has 2 aromatic carbocycles. The van der Waals surface area contributed by atoms with Gasteiger partial charge in [0.05, 0.1) is 11.1 Å². The largest absolute Gasteiger partial charge is 0.368 e. The summed E-state index contributed by atoms with van der Waals surface area (Å²) in [5.41, 5.74) is 1.59. The van der Waals surface area contributed by atoms with Crippen LogP contribution in [-0.2, 0) is 4.79 Å². The lowest BCUT2D eigenvalue weighted by Crippen LogP contribution is -2.55. The number of hydrogen-bond acceptors (Lipinski definition) is 4. The van der Waals surface area contributed by atoms with Crippen LogP contribution in [0.2, 0.25) is 0 Å². The first-order chi connectivity index (χ1) is 13.5. The summed E-state index contributed by atoms with van der Waals surface area (Å²) in [5.74, 6) is -1.38. The van der Waals surface area contributed by atoms with Crippen molar-refractivity contribution in [2.75, 3.05) is 31.1 Å². The quantitative estimate of drug-likeness (QED) is 0.765. The maximum absolute atomic E-state index is 13.1. The van der Waals surface area contributed by atoms with Crippen LogP contribution in [0.1, 0.15) is 27.6 Å². The van der Waals surface area contributed by atoms with Crippen molar-refractivity contribution in [3.05, 3.63) is 65.5 Å². The Bertz CT molecular complexity index is 901. The number of hydrogen-bond donors (Lipinski definition) is 0. The zero-order valence-corrected chi connectivity index (χ0v) is 15.5. The summed E-state index contributed by atoms with van der Waals surface area (Å²) in [5, 5.41) is 0. The topological polar surface area (TPSA) is 60.9 Å². The maximum Gasteiger partial charge on any atom is 0.262 e. The molecule has 2 aromatic rings. The van der Waals surface area contributed by atoms with Gasteiger partial charge in [0, 0.05) is 31.9 Å². The number of nitrogens with zero attached hydrogens (tertiary/aromatic N) is 3. The number of rotatable bonds is 3. The third-order valence-electron chi connectivity index (χ3n) is 5.35. The Labute approximate surface area is 162 Å². The minimum absolute atomic E-state index is 0.242. The van der Waals surface area contributed by atoms with Crippen LogP contribution in [0, 0.1) is 5.82 Å². The van der Waals surface area contributed by atoms with E-state index in [2.05, 4.69) is 4.90 Å². The van der Waals surface area contributed by atoms with Gasteiger partial charge in [0.15, 0.2) is 0 Å². The minimum atomic E-state index is -0.857. The van der Waals surface area contributed by atoms with Crippen molar-refractivity contribution in [3.63, 3.8) is 0 Å². The van der Waals surface area contributed by atoms with Gasteiger partial charge in [-0.3, -0.25) is 19.3 Å². The lowest BCUT2D eigenvalue weighted by molar-refractivity contribution is -0.135. The number of benzene rings is 2. The molecule has 0 aromatic heterocycles. The molecule has 0 N–H and O–H groups in total. The fourth-order valence-corrected chi connectivity index (χ4v) is 3.77. The maximum atomic E-state index is 13.1. The van der Waals surface area contributed by atoms with Gasteiger partial charge in [0.1, 0.15) is 11.9 Å². The molecule has 2 aliphatic heterocycles. The number of piperazine rings is 1. The molecule has 0 unspecified atom stereocenters. The Kier molecular flexibility index (Phi) is 4.58. The van der Waals surface area contributed by atoms with E-state index in [-0.39, 0.29) is 11.7 Å². The van der Waals surface area contributed by atoms with E-state index < -0.39 is 17.9 Å². The average molecular weight is 381 g/mol. The molecule has 7 heteroatoms. The number of halogens is 1. The molecule has 1 saturated heterocycles. The van der Waals surface area contributed by atoms with Crippen molar-refractivity contribution in [2.45, 2.75) is 13.0 Å². The minimum Gasteiger partial charge on any atom is -0.368 e. The number of carbonyl (C=O) groups is 3. The first-order valence-corrected chi connectivity index (χ1v) is 9.23. The third-order valence-corrected chi connectivity index (χ3v) is 5.35. The number of fused-ring (bicyclic) bond motifs is 1. The van der Waals surface area contributed by atoms with Gasteiger partial charge in [-0.1, -0.05) is 12.1 Å². The SMILES string of the molecule is C[C@@H](C(=O)N1CCN(c2ccc(F)cc2)CC1)N1C(=O)c2ccccc2C1=O. The molecule has 6 nitrogen and oxygen atoms in total. The molecule has 2 aliphatic rings. The molecular weight excluding hydrogens is 361 g/mol. The van der Waals surface area contributed by atoms with Crippen molar-refractivity contribution in [2.24, 2.45) is 0 Å². The van der Waals surface area contributed by atoms with E-state index in [1.165, 1.54) is 12.1 Å². The second kappa shape index (κ2) is 7.07. The van der Waals surface area contributed by atoms with E-state index in [1.807, 2.05) is 0 Å². The zero-order valence-electron chi connectivity index (χ0n) is 15.5. The predicted molar refractivity (Wildman–Crippen MR) is 102 cm³/mol. The molecule has 2 heterocycles. The van der Waals surface area contributed by atoms with Gasteiger partial charge < -0.3 is 9.80 Å². The van der Waals surface area contributed by atoms with Gasteiger partial charge >= 0.3 is 0 Å². The van der Waals surface area contributed by atoms with Crippen LogP contribution in [0.3, 0.4) is 0 Å². The summed E-state index contributed by atoms with van der Waals surface area (Å²) in [7, 11) is 0. The molecule has 0 aliphatic carbocycles. The normalized spacial score (nSPS) is 17.7. The van der Waals surface area contributed by atoms with Crippen molar-refractivity contribution in [1.29, 1.82) is 0 Å². The summed E-state index contributed by atoms with van der Waals surface area (Å²) in [4.78, 5) is 42.9. The molecule has 0 radical (unpaired) electrons. The van der Waals surface area contributed by atoms with Crippen LogP contribution >= 0.6 is 0 Å². The Balaban J connectivity index is 1.42. The second-order valence-electron chi connectivity index (χ2n) is 6.99. The van der Waals surface area contributed by atoms with Gasteiger partial charge in [-0.15, -0.1) is 0 Å². The van der Waals surface area contributed by atoms with Crippen molar-refractivity contribution < 1.29 is 18.8 Å². The van der Waals surface area contributed by atoms with Crippen LogP contribution in [0.4, 0.5) is 10.1 Å². The first kappa shape index (κ1) is 18.2. The summed E-state index contributed by atoms with van der Waals surface area (Å²) in [6.45, 7) is 3.75. The molecule has 1 fully saturated rings. The Hall–Kier alpha value is -3.22. The molecule has 3 amide bonds. The van der Waals surface area contributed by atoms with E-state index in [0.717, 1.165) is 10.6 Å². The fourth-order valence-electron chi connectivity index (χ4n) is 3.77. The highest BCUT2D eigenvalue weighted by atomic mass is 19.1. The number of anilines is 1.